The van der Waals surface area contributed by atoms with E-state index in [9.17, 15) is 0 Å². The average molecular weight is 330 g/mol. The molecule has 0 bridgehead atoms. The number of thiophene rings is 1. The first-order valence-corrected chi connectivity index (χ1v) is 9.10. The lowest BCUT2D eigenvalue weighted by Crippen LogP contribution is -2.45. The zero-order chi connectivity index (χ0) is 15.7. The lowest BCUT2D eigenvalue weighted by Gasteiger charge is -2.44. The van der Waals surface area contributed by atoms with E-state index < -0.39 is 0 Å². The molecule has 5 heteroatoms. The zero-order valence-electron chi connectivity index (χ0n) is 13.5. The second kappa shape index (κ2) is 6.23. The number of ether oxygens (including phenoxy) is 2. The first kappa shape index (κ1) is 15.1. The van der Waals surface area contributed by atoms with Crippen LogP contribution in [0.4, 0.5) is 0 Å². The van der Waals surface area contributed by atoms with Crippen LogP contribution in [0.15, 0.2) is 29.8 Å². The number of hydrogen-bond donors (Lipinski definition) is 0. The summed E-state index contributed by atoms with van der Waals surface area (Å²) in [5.41, 5.74) is 2.57. The molecular weight excluding hydrogens is 308 g/mol. The van der Waals surface area contributed by atoms with Crippen molar-refractivity contribution in [3.63, 3.8) is 0 Å². The first-order valence-electron chi connectivity index (χ1n) is 8.22. The number of nitrogens with zero attached hydrogens (tertiary/aromatic N) is 2. The van der Waals surface area contributed by atoms with E-state index in [1.807, 2.05) is 17.4 Å². The van der Waals surface area contributed by atoms with Crippen LogP contribution in [0.3, 0.4) is 0 Å². The molecule has 0 radical (unpaired) electrons. The lowest BCUT2D eigenvalue weighted by molar-refractivity contribution is -0.0981. The molecule has 0 aromatic carbocycles. The molecule has 0 N–H and O–H groups in total. The van der Waals surface area contributed by atoms with Gasteiger partial charge in [-0.05, 0) is 35.9 Å². The van der Waals surface area contributed by atoms with E-state index in [2.05, 4.69) is 27.4 Å². The summed E-state index contributed by atoms with van der Waals surface area (Å²) < 4.78 is 11.6. The Kier molecular flexibility index (Phi) is 4.09. The van der Waals surface area contributed by atoms with Crippen LogP contribution in [0.1, 0.15) is 28.8 Å². The van der Waals surface area contributed by atoms with Crippen molar-refractivity contribution in [1.82, 2.24) is 9.88 Å². The Morgan fingerprint density at radius 2 is 2.22 bits per heavy atom. The first-order chi connectivity index (χ1) is 11.3. The molecule has 4 heterocycles. The summed E-state index contributed by atoms with van der Waals surface area (Å²) in [6.07, 6.45) is 4.99. The summed E-state index contributed by atoms with van der Waals surface area (Å²) in [6.45, 7) is 3.86. The highest BCUT2D eigenvalue weighted by Gasteiger charge is 2.41. The molecule has 2 aliphatic heterocycles. The van der Waals surface area contributed by atoms with Crippen molar-refractivity contribution >= 4 is 11.3 Å². The van der Waals surface area contributed by atoms with Crippen LogP contribution < -0.4 is 4.74 Å². The highest BCUT2D eigenvalue weighted by Crippen LogP contribution is 2.43. The van der Waals surface area contributed by atoms with E-state index in [1.165, 1.54) is 10.4 Å². The highest BCUT2D eigenvalue weighted by molar-refractivity contribution is 7.10. The smallest absolute Gasteiger partial charge is 0.217 e. The lowest BCUT2D eigenvalue weighted by atomic mass is 9.82. The minimum atomic E-state index is -0.0386. The zero-order valence-corrected chi connectivity index (χ0v) is 14.3. The summed E-state index contributed by atoms with van der Waals surface area (Å²) in [4.78, 5) is 8.30. The van der Waals surface area contributed by atoms with Crippen LogP contribution in [-0.4, -0.2) is 36.7 Å². The average Bonchev–Trinajstić information content (AvgIpc) is 3.08. The number of hydrogen-bond acceptors (Lipinski definition) is 5. The molecular formula is C18H22N2O2S. The topological polar surface area (TPSA) is 34.6 Å². The summed E-state index contributed by atoms with van der Waals surface area (Å²) in [5.74, 6) is 0.738. The minimum Gasteiger partial charge on any atom is -0.481 e. The van der Waals surface area contributed by atoms with Crippen LogP contribution in [0.2, 0.25) is 0 Å². The molecule has 2 aromatic heterocycles. The van der Waals surface area contributed by atoms with Crippen molar-refractivity contribution in [3.05, 3.63) is 45.8 Å². The molecule has 2 aliphatic rings. The number of piperidine rings is 1. The van der Waals surface area contributed by atoms with E-state index in [0.717, 1.165) is 56.9 Å². The van der Waals surface area contributed by atoms with E-state index in [1.54, 1.807) is 13.3 Å². The molecule has 4 rings (SSSR count). The monoisotopic (exact) mass is 330 g/mol. The van der Waals surface area contributed by atoms with Gasteiger partial charge in [-0.3, -0.25) is 4.90 Å². The van der Waals surface area contributed by atoms with Gasteiger partial charge in [-0.1, -0.05) is 6.07 Å². The fourth-order valence-electron chi connectivity index (χ4n) is 3.81. The van der Waals surface area contributed by atoms with E-state index in [0.29, 0.717) is 0 Å². The molecule has 122 valence electrons. The van der Waals surface area contributed by atoms with Crippen LogP contribution in [0.5, 0.6) is 5.88 Å². The van der Waals surface area contributed by atoms with Crippen LogP contribution in [0.25, 0.3) is 0 Å². The fourth-order valence-corrected chi connectivity index (χ4v) is 4.76. The van der Waals surface area contributed by atoms with Crippen molar-refractivity contribution in [2.45, 2.75) is 31.4 Å². The number of rotatable bonds is 3. The highest BCUT2D eigenvalue weighted by atomic mass is 32.1. The van der Waals surface area contributed by atoms with Gasteiger partial charge in [0.05, 0.1) is 19.3 Å². The third-order valence-corrected chi connectivity index (χ3v) is 6.03. The Balaban J connectivity index is 1.46. The van der Waals surface area contributed by atoms with Gasteiger partial charge in [-0.2, -0.15) is 0 Å². The Morgan fingerprint density at radius 3 is 3.04 bits per heavy atom. The van der Waals surface area contributed by atoms with Crippen molar-refractivity contribution in [1.29, 1.82) is 0 Å². The maximum atomic E-state index is 6.28. The van der Waals surface area contributed by atoms with Gasteiger partial charge in [-0.15, -0.1) is 11.3 Å². The van der Waals surface area contributed by atoms with Crippen molar-refractivity contribution in [3.8, 4) is 5.88 Å². The molecule has 23 heavy (non-hydrogen) atoms. The van der Waals surface area contributed by atoms with Crippen LogP contribution >= 0.6 is 11.3 Å². The Hall–Kier alpha value is -1.43. The second-order valence-electron chi connectivity index (χ2n) is 6.30. The van der Waals surface area contributed by atoms with Crippen molar-refractivity contribution in [2.75, 3.05) is 26.8 Å². The molecule has 0 atom stereocenters. The molecule has 0 amide bonds. The minimum absolute atomic E-state index is 0.0386. The number of methoxy groups -OCH3 is 1. The molecule has 4 nitrogen and oxygen atoms in total. The molecule has 0 unspecified atom stereocenters. The number of aromatic nitrogens is 1. The Bertz CT molecular complexity index is 677. The van der Waals surface area contributed by atoms with Gasteiger partial charge in [0.1, 0.15) is 0 Å². The SMILES string of the molecule is COc1ncccc1CN1CCC2(CC1)OCCc1sccc12. The molecule has 0 aliphatic carbocycles. The van der Waals surface area contributed by atoms with E-state index in [-0.39, 0.29) is 5.60 Å². The van der Waals surface area contributed by atoms with Crippen LogP contribution in [-0.2, 0) is 23.3 Å². The summed E-state index contributed by atoms with van der Waals surface area (Å²) in [5, 5.41) is 2.22. The normalized spacial score (nSPS) is 20.4. The number of likely N-dealkylation sites (tertiary alicyclic amines) is 1. The number of fused-ring (bicyclic) bond motifs is 2. The predicted octanol–water partition coefficient (Wildman–Crippen LogP) is 3.22. The number of pyridine rings is 1. The quantitative estimate of drug-likeness (QED) is 0.865. The van der Waals surface area contributed by atoms with Crippen molar-refractivity contribution < 1.29 is 9.47 Å². The Morgan fingerprint density at radius 1 is 1.35 bits per heavy atom. The van der Waals surface area contributed by atoms with Gasteiger partial charge in [0, 0.05) is 42.7 Å². The molecule has 1 saturated heterocycles. The Labute approximate surface area is 141 Å². The maximum absolute atomic E-state index is 6.28. The van der Waals surface area contributed by atoms with Crippen molar-refractivity contribution in [2.24, 2.45) is 0 Å². The van der Waals surface area contributed by atoms with Gasteiger partial charge in [0.15, 0.2) is 0 Å². The standard InChI is InChI=1S/C18H22N2O2S/c1-21-17-14(3-2-8-19-17)13-20-9-6-18(7-10-20)15-5-12-23-16(15)4-11-22-18/h2-3,5,8,12H,4,6-7,9-11,13H2,1H3. The van der Waals surface area contributed by atoms with Gasteiger partial charge in [0.25, 0.3) is 0 Å². The predicted molar refractivity (Wildman–Crippen MR) is 91.0 cm³/mol. The summed E-state index contributed by atoms with van der Waals surface area (Å²) in [7, 11) is 1.69. The van der Waals surface area contributed by atoms with Crippen LogP contribution in [0, 0.1) is 0 Å². The molecule has 2 aromatic rings. The third-order valence-electron chi connectivity index (χ3n) is 5.04. The molecule has 0 saturated carbocycles. The summed E-state index contributed by atoms with van der Waals surface area (Å²) >= 11 is 1.88. The van der Waals surface area contributed by atoms with Gasteiger partial charge < -0.3 is 9.47 Å². The van der Waals surface area contributed by atoms with Gasteiger partial charge in [-0.25, -0.2) is 4.98 Å². The van der Waals surface area contributed by atoms with Gasteiger partial charge >= 0.3 is 0 Å². The molecule has 1 spiro atoms. The van der Waals surface area contributed by atoms with E-state index in [4.69, 9.17) is 9.47 Å². The molecule has 1 fully saturated rings. The van der Waals surface area contributed by atoms with Gasteiger partial charge in [0.2, 0.25) is 5.88 Å². The summed E-state index contributed by atoms with van der Waals surface area (Å²) in [6, 6.07) is 6.36. The fraction of sp³-hybridized carbons (Fsp3) is 0.500. The maximum Gasteiger partial charge on any atom is 0.217 e. The third kappa shape index (κ3) is 2.77. The van der Waals surface area contributed by atoms with E-state index >= 15 is 0 Å². The second-order valence-corrected chi connectivity index (χ2v) is 7.30. The largest absolute Gasteiger partial charge is 0.481 e.